The summed E-state index contributed by atoms with van der Waals surface area (Å²) in [7, 11) is 3.34. The molecule has 2 aromatic carbocycles. The number of nitrogens with zero attached hydrogens (tertiary/aromatic N) is 3. The summed E-state index contributed by atoms with van der Waals surface area (Å²) in [5, 5.41) is 0. The number of carbonyl (C=O) groups is 2. The van der Waals surface area contributed by atoms with Gasteiger partial charge in [-0.1, -0.05) is 6.07 Å². The number of carbonyl (C=O) groups excluding carboxylic acids is 2. The maximum Gasteiger partial charge on any atom is 0.280 e. The molecular formula is C23H27N3O4. The summed E-state index contributed by atoms with van der Waals surface area (Å²) in [6.45, 7) is 5.97. The number of piperazine rings is 1. The summed E-state index contributed by atoms with van der Waals surface area (Å²) in [6, 6.07) is 13.5. The number of hydrogen-bond acceptors (Lipinski definition) is 5. The zero-order valence-electron chi connectivity index (χ0n) is 17.8. The first-order chi connectivity index (χ1) is 14.3. The van der Waals surface area contributed by atoms with Gasteiger partial charge in [0.25, 0.3) is 17.4 Å². The van der Waals surface area contributed by atoms with Crippen LogP contribution in [0.25, 0.3) is 0 Å². The van der Waals surface area contributed by atoms with E-state index in [0.717, 1.165) is 17.0 Å². The second-order valence-corrected chi connectivity index (χ2v) is 7.95. The van der Waals surface area contributed by atoms with Gasteiger partial charge in [-0.15, -0.1) is 0 Å². The van der Waals surface area contributed by atoms with E-state index in [4.69, 9.17) is 9.47 Å². The molecule has 0 saturated carbocycles. The van der Waals surface area contributed by atoms with Gasteiger partial charge in [0, 0.05) is 38.9 Å². The van der Waals surface area contributed by atoms with Crippen LogP contribution in [0.4, 0.5) is 11.4 Å². The highest BCUT2D eigenvalue weighted by Crippen LogP contribution is 2.38. The van der Waals surface area contributed by atoms with Gasteiger partial charge in [-0.2, -0.15) is 0 Å². The van der Waals surface area contributed by atoms with E-state index in [0.29, 0.717) is 37.6 Å². The minimum atomic E-state index is -1.56. The maximum absolute atomic E-state index is 13.4. The van der Waals surface area contributed by atoms with Crippen LogP contribution in [-0.4, -0.2) is 62.7 Å². The lowest BCUT2D eigenvalue weighted by Gasteiger charge is -2.43. The normalized spacial score (nSPS) is 21.2. The van der Waals surface area contributed by atoms with Gasteiger partial charge in [-0.3, -0.25) is 9.59 Å². The van der Waals surface area contributed by atoms with Crippen molar-refractivity contribution in [2.45, 2.75) is 19.4 Å². The predicted molar refractivity (Wildman–Crippen MR) is 115 cm³/mol. The number of rotatable bonds is 3. The summed E-state index contributed by atoms with van der Waals surface area (Å²) in [4.78, 5) is 31.9. The van der Waals surface area contributed by atoms with Crippen molar-refractivity contribution in [3.63, 3.8) is 0 Å². The fraction of sp³-hybridized carbons (Fsp3) is 0.391. The third-order valence-corrected chi connectivity index (χ3v) is 5.92. The van der Waals surface area contributed by atoms with Gasteiger partial charge in [0.05, 0.1) is 12.8 Å². The third-order valence-electron chi connectivity index (χ3n) is 5.92. The molecule has 2 aliphatic rings. The van der Waals surface area contributed by atoms with Crippen LogP contribution in [0.5, 0.6) is 11.5 Å². The Morgan fingerprint density at radius 2 is 1.73 bits per heavy atom. The minimum absolute atomic E-state index is 0.292. The molecule has 30 heavy (non-hydrogen) atoms. The molecule has 1 fully saturated rings. The van der Waals surface area contributed by atoms with E-state index < -0.39 is 5.60 Å². The lowest BCUT2D eigenvalue weighted by Crippen LogP contribution is -2.64. The van der Waals surface area contributed by atoms with Crippen LogP contribution >= 0.6 is 0 Å². The van der Waals surface area contributed by atoms with Crippen molar-refractivity contribution in [1.82, 2.24) is 4.90 Å². The first-order valence-corrected chi connectivity index (χ1v) is 10.1. The average molecular weight is 409 g/mol. The van der Waals surface area contributed by atoms with E-state index >= 15 is 0 Å². The molecule has 158 valence electrons. The molecule has 2 aliphatic heterocycles. The largest absolute Gasteiger partial charge is 0.497 e. The lowest BCUT2D eigenvalue weighted by atomic mass is 9.98. The zero-order valence-corrected chi connectivity index (χ0v) is 17.8. The maximum atomic E-state index is 13.4. The smallest absolute Gasteiger partial charge is 0.280 e. The van der Waals surface area contributed by atoms with E-state index in [1.807, 2.05) is 49.4 Å². The quantitative estimate of drug-likeness (QED) is 0.729. The van der Waals surface area contributed by atoms with E-state index in [1.165, 1.54) is 4.90 Å². The Morgan fingerprint density at radius 1 is 1.07 bits per heavy atom. The second kappa shape index (κ2) is 7.55. The van der Waals surface area contributed by atoms with Crippen molar-refractivity contribution in [3.05, 3.63) is 48.0 Å². The molecule has 4 rings (SSSR count). The molecule has 0 aliphatic carbocycles. The molecule has 7 heteroatoms. The summed E-state index contributed by atoms with van der Waals surface area (Å²) >= 11 is 0. The lowest BCUT2D eigenvalue weighted by molar-refractivity contribution is -0.156. The van der Waals surface area contributed by atoms with Gasteiger partial charge < -0.3 is 24.2 Å². The van der Waals surface area contributed by atoms with Gasteiger partial charge in [-0.05, 0) is 55.8 Å². The number of hydrogen-bond donors (Lipinski definition) is 0. The first-order valence-electron chi connectivity index (χ1n) is 10.1. The van der Waals surface area contributed by atoms with Crippen LogP contribution in [0, 0.1) is 6.92 Å². The van der Waals surface area contributed by atoms with E-state index in [1.54, 1.807) is 26.0 Å². The summed E-state index contributed by atoms with van der Waals surface area (Å²) in [5.41, 5.74) is 1.25. The molecule has 2 aromatic rings. The molecule has 0 radical (unpaired) electrons. The van der Waals surface area contributed by atoms with Crippen LogP contribution in [0.2, 0.25) is 0 Å². The molecule has 7 nitrogen and oxygen atoms in total. The van der Waals surface area contributed by atoms with Crippen molar-refractivity contribution in [3.8, 4) is 11.5 Å². The summed E-state index contributed by atoms with van der Waals surface area (Å²) in [6.07, 6.45) is 0. The molecule has 2 amide bonds. The zero-order chi connectivity index (χ0) is 21.5. The number of amides is 2. The molecule has 0 spiro atoms. The summed E-state index contributed by atoms with van der Waals surface area (Å²) in [5.74, 6) is 0.728. The number of methoxy groups -OCH3 is 1. The molecule has 1 saturated heterocycles. The predicted octanol–water partition coefficient (Wildman–Crippen LogP) is 2.47. The number of anilines is 2. The van der Waals surface area contributed by atoms with Crippen molar-refractivity contribution < 1.29 is 19.1 Å². The SMILES string of the molecule is COc1ccc(N2CCN(C(=O)C3(C)Oc4ccc(C)cc4N(C)C3=O)CC2)cc1. The van der Waals surface area contributed by atoms with Gasteiger partial charge in [0.1, 0.15) is 11.5 Å². The Labute approximate surface area is 176 Å². The highest BCUT2D eigenvalue weighted by Gasteiger charge is 2.51. The van der Waals surface area contributed by atoms with E-state index in [2.05, 4.69) is 4.90 Å². The van der Waals surface area contributed by atoms with Crippen molar-refractivity contribution in [2.75, 3.05) is 50.1 Å². The highest BCUT2D eigenvalue weighted by atomic mass is 16.5. The van der Waals surface area contributed by atoms with Gasteiger partial charge in [0.2, 0.25) is 0 Å². The molecule has 0 bridgehead atoms. The standard InChI is InChI=1S/C23H27N3O4/c1-16-5-10-20-19(15-16)24(3)21(27)23(2,30-20)22(28)26-13-11-25(12-14-26)17-6-8-18(29-4)9-7-17/h5-10,15H,11-14H2,1-4H3. The van der Waals surface area contributed by atoms with Gasteiger partial charge >= 0.3 is 0 Å². The molecule has 0 N–H and O–H groups in total. The molecule has 1 unspecified atom stereocenters. The number of ether oxygens (including phenoxy) is 2. The van der Waals surface area contributed by atoms with E-state index in [-0.39, 0.29) is 11.8 Å². The number of likely N-dealkylation sites (N-methyl/N-ethyl adjacent to an activating group) is 1. The topological polar surface area (TPSA) is 62.3 Å². The number of fused-ring (bicyclic) bond motifs is 1. The van der Waals surface area contributed by atoms with Crippen LogP contribution in [-0.2, 0) is 9.59 Å². The van der Waals surface area contributed by atoms with Crippen LogP contribution in [0.3, 0.4) is 0 Å². The van der Waals surface area contributed by atoms with Gasteiger partial charge in [0.15, 0.2) is 0 Å². The number of aryl methyl sites for hydroxylation is 1. The van der Waals surface area contributed by atoms with Crippen LogP contribution in [0.15, 0.2) is 42.5 Å². The third kappa shape index (κ3) is 3.34. The molecular weight excluding hydrogens is 382 g/mol. The van der Waals surface area contributed by atoms with Crippen molar-refractivity contribution in [1.29, 1.82) is 0 Å². The number of benzene rings is 2. The summed E-state index contributed by atoms with van der Waals surface area (Å²) < 4.78 is 11.2. The van der Waals surface area contributed by atoms with Crippen LogP contribution < -0.4 is 19.3 Å². The molecule has 1 atom stereocenters. The van der Waals surface area contributed by atoms with Crippen molar-refractivity contribution in [2.24, 2.45) is 0 Å². The molecule has 2 heterocycles. The fourth-order valence-electron chi connectivity index (χ4n) is 4.07. The monoisotopic (exact) mass is 409 g/mol. The Bertz CT molecular complexity index is 967. The molecule has 0 aromatic heterocycles. The van der Waals surface area contributed by atoms with E-state index in [9.17, 15) is 9.59 Å². The first kappa shape index (κ1) is 20.1. The highest BCUT2D eigenvalue weighted by molar-refractivity contribution is 6.16. The Kier molecular flexibility index (Phi) is 5.05. The minimum Gasteiger partial charge on any atom is -0.497 e. The Balaban J connectivity index is 1.48. The fourth-order valence-corrected chi connectivity index (χ4v) is 4.07. The average Bonchev–Trinajstić information content (AvgIpc) is 2.78. The van der Waals surface area contributed by atoms with Crippen LogP contribution in [0.1, 0.15) is 12.5 Å². The second-order valence-electron chi connectivity index (χ2n) is 7.95. The Hall–Kier alpha value is -3.22. The Morgan fingerprint density at radius 3 is 2.37 bits per heavy atom. The van der Waals surface area contributed by atoms with Crippen molar-refractivity contribution >= 4 is 23.2 Å². The van der Waals surface area contributed by atoms with Gasteiger partial charge in [-0.25, -0.2) is 0 Å².